The number of benzene rings is 1. The van der Waals surface area contributed by atoms with E-state index in [1.165, 1.54) is 23.2 Å². The maximum Gasteiger partial charge on any atom is 0.357 e. The number of hydrogen-bond donors (Lipinski definition) is 5. The summed E-state index contributed by atoms with van der Waals surface area (Å²) in [5, 5.41) is 14.6. The van der Waals surface area contributed by atoms with Crippen LogP contribution in [0.5, 0.6) is 0 Å². The fraction of sp³-hybridized carbons (Fsp3) is 0.436. The SMILES string of the molecule is C=CCCC(=O)NCC1=NC(C(=O)OC2[C@@H](COP(=O)([O-])OC3C[C@H](n4ccc(N)nc4=O)O[C@@H]3COP(=O)([O-])O)O[C@@H](n3cnc4c(N)ncnc43)[C@H]2O)=C(c2ccc(C)cc2)C1.CC. The van der Waals surface area contributed by atoms with Gasteiger partial charge in [-0.1, -0.05) is 49.8 Å². The summed E-state index contributed by atoms with van der Waals surface area (Å²) in [7, 11) is -10.8. The number of nitrogens with two attached hydrogens (primary N) is 2. The Hall–Kier alpha value is -5.56. The van der Waals surface area contributed by atoms with Crippen molar-refractivity contribution in [3.05, 3.63) is 89.1 Å². The Morgan fingerprint density at radius 1 is 1.05 bits per heavy atom. The number of carbonyl (C=O) groups is 2. The topological polar surface area (TPSA) is 365 Å². The van der Waals surface area contributed by atoms with Crippen LogP contribution in [0.1, 0.15) is 63.1 Å². The van der Waals surface area contributed by atoms with Crippen molar-refractivity contribution in [2.45, 2.75) is 89.4 Å². The lowest BCUT2D eigenvalue weighted by Gasteiger charge is -2.30. The van der Waals surface area contributed by atoms with Gasteiger partial charge in [-0.3, -0.25) is 23.1 Å². The van der Waals surface area contributed by atoms with Crippen LogP contribution in [-0.4, -0.2) is 107 Å². The highest BCUT2D eigenvalue weighted by molar-refractivity contribution is 7.46. The molecule has 1 amide bonds. The quantitative estimate of drug-likeness (QED) is 0.0521. The van der Waals surface area contributed by atoms with E-state index in [1.54, 1.807) is 18.2 Å². The molecule has 27 heteroatoms. The number of aliphatic hydroxyl groups excluding tert-OH is 1. The molecule has 0 saturated carbocycles. The Balaban J connectivity index is 0.00000355. The summed E-state index contributed by atoms with van der Waals surface area (Å²) in [6.45, 7) is 7.63. The van der Waals surface area contributed by atoms with Crippen molar-refractivity contribution in [3.8, 4) is 0 Å². The largest absolute Gasteiger partial charge is 0.756 e. The van der Waals surface area contributed by atoms with Crippen molar-refractivity contribution in [2.24, 2.45) is 4.99 Å². The van der Waals surface area contributed by atoms with Crippen LogP contribution in [0.15, 0.2) is 77.3 Å². The van der Waals surface area contributed by atoms with Crippen LogP contribution in [-0.2, 0) is 46.5 Å². The van der Waals surface area contributed by atoms with E-state index in [0.29, 0.717) is 23.3 Å². The number of aliphatic hydroxyl groups is 1. The lowest BCUT2D eigenvalue weighted by molar-refractivity contribution is -0.235. The van der Waals surface area contributed by atoms with Crippen LogP contribution >= 0.6 is 15.6 Å². The number of aromatic nitrogens is 6. The average Bonchev–Trinajstić information content (AvgIpc) is 4.07. The van der Waals surface area contributed by atoms with E-state index >= 15 is 0 Å². The zero-order chi connectivity index (χ0) is 47.9. The van der Waals surface area contributed by atoms with Crippen LogP contribution in [0.4, 0.5) is 11.6 Å². The summed E-state index contributed by atoms with van der Waals surface area (Å²) in [4.78, 5) is 93.7. The van der Waals surface area contributed by atoms with Crippen LogP contribution in [0.2, 0.25) is 0 Å². The van der Waals surface area contributed by atoms with Crippen molar-refractivity contribution >= 4 is 61.6 Å². The minimum atomic E-state index is -5.49. The van der Waals surface area contributed by atoms with Gasteiger partial charge in [-0.15, -0.1) is 6.58 Å². The van der Waals surface area contributed by atoms with E-state index in [1.807, 2.05) is 32.9 Å². The minimum absolute atomic E-state index is 0.00216. The Morgan fingerprint density at radius 3 is 2.47 bits per heavy atom. The number of hydrogen-bond acceptors (Lipinski definition) is 21. The smallest absolute Gasteiger partial charge is 0.357 e. The van der Waals surface area contributed by atoms with E-state index in [4.69, 9.17) is 34.7 Å². The number of aliphatic imine (C=N–C) groups is 1. The first-order valence-electron chi connectivity index (χ1n) is 20.4. The molecule has 1 aromatic carbocycles. The zero-order valence-corrected chi connectivity index (χ0v) is 37.6. The lowest BCUT2D eigenvalue weighted by atomic mass is 9.99. The third-order valence-electron chi connectivity index (χ3n) is 10.2. The molecule has 0 bridgehead atoms. The molecule has 2 fully saturated rings. The second-order valence-electron chi connectivity index (χ2n) is 14.7. The van der Waals surface area contributed by atoms with Gasteiger partial charge in [-0.2, -0.15) is 4.98 Å². The maximum absolute atomic E-state index is 14.2. The number of esters is 1. The zero-order valence-electron chi connectivity index (χ0n) is 35.8. The van der Waals surface area contributed by atoms with Crippen molar-refractivity contribution in [2.75, 3.05) is 31.2 Å². The van der Waals surface area contributed by atoms with Crippen molar-refractivity contribution < 1.29 is 66.3 Å². The van der Waals surface area contributed by atoms with Crippen LogP contribution in [0.25, 0.3) is 16.7 Å². The van der Waals surface area contributed by atoms with Gasteiger partial charge >= 0.3 is 11.7 Å². The number of nitrogens with one attached hydrogen (secondary N) is 1. The van der Waals surface area contributed by atoms with Gasteiger partial charge in [0.15, 0.2) is 29.5 Å². The molecule has 4 aromatic rings. The molecule has 0 aliphatic carbocycles. The molecule has 356 valence electrons. The number of phosphoric ester groups is 2. The number of allylic oxidation sites excluding steroid dienone is 2. The van der Waals surface area contributed by atoms with Crippen LogP contribution < -0.4 is 32.3 Å². The third kappa shape index (κ3) is 12.1. The Labute approximate surface area is 376 Å². The molecule has 7 N–H and O–H groups in total. The number of phosphoric acid groups is 2. The molecule has 9 atom stereocenters. The molecule has 0 radical (unpaired) electrons. The summed E-state index contributed by atoms with van der Waals surface area (Å²) >= 11 is 0. The molecular weight excluding hydrogens is 910 g/mol. The van der Waals surface area contributed by atoms with Gasteiger partial charge in [0.2, 0.25) is 5.91 Å². The number of carbonyl (C=O) groups excluding carboxylic acids is 2. The summed E-state index contributed by atoms with van der Waals surface area (Å²) < 4.78 is 59.8. The summed E-state index contributed by atoms with van der Waals surface area (Å²) in [6, 6.07) is 8.49. The molecule has 66 heavy (non-hydrogen) atoms. The number of fused-ring (bicyclic) bond motifs is 1. The number of nitrogens with zero attached hydrogens (tertiary/aromatic N) is 7. The molecule has 7 rings (SSSR count). The molecule has 6 heterocycles. The highest BCUT2D eigenvalue weighted by Gasteiger charge is 2.49. The standard InChI is InChI=1S/C37H44N10O15P2.C2H6/c1-3-4-5-27(48)40-14-21-12-22(20-8-6-19(2)7-9-20)29(44-21)36(50)61-32-25(60-35(31(32)49)47-18-43-30-33(39)41-17-42-34(30)47)16-58-64(55,56)62-23-13-28(46-11-10-26(38)45-37(46)51)59-24(23)15-57-63(52,53)54;1-2/h3,6-11,17-18,23-25,28,31-32,35,49H,1,4-5,12-16H2,2H3,(H,40,48)(H,55,56)(H2,38,45,51)(H2,39,41,42)(H2,52,53,54);1-2H3/p-2/t23?,24-,25-,28-,31+,32?,35-;/m1./s1. The molecule has 25 nitrogen and oxygen atoms in total. The first-order valence-corrected chi connectivity index (χ1v) is 23.4. The number of rotatable bonds is 18. The number of nitrogen functional groups attached to an aromatic ring is 2. The second kappa shape index (κ2) is 21.4. The van der Waals surface area contributed by atoms with Gasteiger partial charge in [-0.25, -0.2) is 29.5 Å². The van der Waals surface area contributed by atoms with E-state index in [0.717, 1.165) is 16.5 Å². The molecule has 3 aliphatic rings. The van der Waals surface area contributed by atoms with E-state index in [9.17, 15) is 43.3 Å². The number of ether oxygens (including phenoxy) is 3. The second-order valence-corrected chi connectivity index (χ2v) is 17.3. The maximum atomic E-state index is 14.2. The van der Waals surface area contributed by atoms with E-state index < -0.39 is 89.9 Å². The highest BCUT2D eigenvalue weighted by atomic mass is 31.2. The Bertz CT molecular complexity index is 2640. The minimum Gasteiger partial charge on any atom is -0.756 e. The lowest BCUT2D eigenvalue weighted by Crippen LogP contribution is -2.39. The molecule has 2 saturated heterocycles. The number of aryl methyl sites for hydroxylation is 1. The monoisotopic (exact) mass is 958 g/mol. The number of imidazole rings is 1. The van der Waals surface area contributed by atoms with Crippen molar-refractivity contribution in [1.29, 1.82) is 0 Å². The number of anilines is 2. The van der Waals surface area contributed by atoms with Crippen molar-refractivity contribution in [1.82, 2.24) is 34.4 Å². The van der Waals surface area contributed by atoms with Crippen LogP contribution in [0.3, 0.4) is 0 Å². The molecule has 0 spiro atoms. The molecule has 3 aromatic heterocycles. The third-order valence-corrected chi connectivity index (χ3v) is 11.7. The van der Waals surface area contributed by atoms with Gasteiger partial charge in [-0.05, 0) is 30.5 Å². The van der Waals surface area contributed by atoms with Gasteiger partial charge in [0.1, 0.15) is 42.2 Å². The van der Waals surface area contributed by atoms with E-state index in [-0.39, 0.29) is 53.8 Å². The fourth-order valence-corrected chi connectivity index (χ4v) is 8.39. The summed E-state index contributed by atoms with van der Waals surface area (Å²) in [6.07, 6.45) is -5.17. The van der Waals surface area contributed by atoms with Gasteiger partial charge in [0.05, 0.1) is 32.2 Å². The van der Waals surface area contributed by atoms with E-state index in [2.05, 4.69) is 41.3 Å². The Kier molecular flexibility index (Phi) is 16.2. The van der Waals surface area contributed by atoms with Gasteiger partial charge < -0.3 is 64.4 Å². The first kappa shape index (κ1) is 49.9. The molecular formula is C39H48N10O15P2-2. The Morgan fingerprint density at radius 2 is 1.77 bits per heavy atom. The first-order chi connectivity index (χ1) is 31.4. The predicted octanol–water partition coefficient (Wildman–Crippen LogP) is 0.726. The van der Waals surface area contributed by atoms with Gasteiger partial charge in [0.25, 0.3) is 15.6 Å². The van der Waals surface area contributed by atoms with Gasteiger partial charge in [0, 0.05) is 31.2 Å². The molecule has 4 unspecified atom stereocenters. The summed E-state index contributed by atoms with van der Waals surface area (Å²) in [5.41, 5.74) is 13.2. The highest BCUT2D eigenvalue weighted by Crippen LogP contribution is 2.47. The predicted molar refractivity (Wildman–Crippen MR) is 229 cm³/mol. The number of amides is 1. The molecule has 3 aliphatic heterocycles. The average molecular weight is 959 g/mol. The normalized spacial score (nSPS) is 24.5. The van der Waals surface area contributed by atoms with Crippen LogP contribution in [0, 0.1) is 6.92 Å². The fourth-order valence-electron chi connectivity index (χ4n) is 7.11. The van der Waals surface area contributed by atoms with Crippen molar-refractivity contribution in [3.63, 3.8) is 0 Å². The summed E-state index contributed by atoms with van der Waals surface area (Å²) in [5.74, 6) is -1.41.